The molecular weight excluding hydrogens is 216 g/mol. The van der Waals surface area contributed by atoms with Crippen molar-refractivity contribution in [2.24, 2.45) is 5.73 Å². The van der Waals surface area contributed by atoms with Crippen LogP contribution in [0.15, 0.2) is 16.5 Å². The van der Waals surface area contributed by atoms with E-state index in [1.54, 1.807) is 0 Å². The van der Waals surface area contributed by atoms with Gasteiger partial charge in [-0.1, -0.05) is 0 Å². The lowest BCUT2D eigenvalue weighted by atomic mass is 10.1. The Bertz CT molecular complexity index is 341. The molecule has 0 bridgehead atoms. The van der Waals surface area contributed by atoms with Gasteiger partial charge >= 0.3 is 0 Å². The van der Waals surface area contributed by atoms with Crippen molar-refractivity contribution in [3.8, 4) is 0 Å². The number of hydrogen-bond acceptors (Lipinski definition) is 4. The van der Waals surface area contributed by atoms with Gasteiger partial charge in [-0.2, -0.15) is 0 Å². The summed E-state index contributed by atoms with van der Waals surface area (Å²) in [6.45, 7) is 7.57. The van der Waals surface area contributed by atoms with Crippen molar-refractivity contribution in [1.29, 1.82) is 0 Å². The summed E-state index contributed by atoms with van der Waals surface area (Å²) < 4.78 is 11.2. The van der Waals surface area contributed by atoms with Gasteiger partial charge in [0.05, 0.1) is 12.6 Å². The molecular formula is C13H22N2O2. The number of hydrogen-bond donors (Lipinski definition) is 1. The smallest absolute Gasteiger partial charge is 0.122 e. The third-order valence-corrected chi connectivity index (χ3v) is 3.20. The third-order valence-electron chi connectivity index (χ3n) is 3.20. The fourth-order valence-electron chi connectivity index (χ4n) is 2.43. The highest BCUT2D eigenvalue weighted by Crippen LogP contribution is 2.26. The van der Waals surface area contributed by atoms with Crippen molar-refractivity contribution in [1.82, 2.24) is 4.90 Å². The fourth-order valence-corrected chi connectivity index (χ4v) is 2.43. The van der Waals surface area contributed by atoms with E-state index in [9.17, 15) is 0 Å². The van der Waals surface area contributed by atoms with Gasteiger partial charge in [-0.15, -0.1) is 0 Å². The Hall–Kier alpha value is -0.840. The number of rotatable bonds is 3. The topological polar surface area (TPSA) is 51.6 Å². The highest BCUT2D eigenvalue weighted by atomic mass is 16.5. The molecule has 17 heavy (non-hydrogen) atoms. The monoisotopic (exact) mass is 238 g/mol. The van der Waals surface area contributed by atoms with E-state index < -0.39 is 0 Å². The zero-order valence-electron chi connectivity index (χ0n) is 10.7. The van der Waals surface area contributed by atoms with Crippen LogP contribution in [-0.4, -0.2) is 37.2 Å². The summed E-state index contributed by atoms with van der Waals surface area (Å²) in [4.78, 5) is 2.37. The van der Waals surface area contributed by atoms with Crippen LogP contribution in [0.2, 0.25) is 0 Å². The number of furan rings is 1. The molecule has 0 aromatic carbocycles. The molecule has 1 aliphatic rings. The SMILES string of the molecule is Cc1ccc(C(C(C)N)N2CCCOCC2)o1. The number of nitrogens with two attached hydrogens (primary N) is 1. The first-order valence-electron chi connectivity index (χ1n) is 6.32. The van der Waals surface area contributed by atoms with E-state index in [-0.39, 0.29) is 12.1 Å². The van der Waals surface area contributed by atoms with Crippen LogP contribution in [-0.2, 0) is 4.74 Å². The van der Waals surface area contributed by atoms with E-state index in [0.29, 0.717) is 0 Å². The Kier molecular flexibility index (Phi) is 4.20. The highest BCUT2D eigenvalue weighted by molar-refractivity contribution is 5.12. The second kappa shape index (κ2) is 5.67. The maximum atomic E-state index is 6.12. The average molecular weight is 238 g/mol. The summed E-state index contributed by atoms with van der Waals surface area (Å²) in [6.07, 6.45) is 1.06. The molecule has 96 valence electrons. The molecule has 0 amide bonds. The molecule has 2 heterocycles. The van der Waals surface area contributed by atoms with Gasteiger partial charge < -0.3 is 14.9 Å². The number of aryl methyl sites for hydroxylation is 1. The molecule has 1 aromatic heterocycles. The van der Waals surface area contributed by atoms with Crippen molar-refractivity contribution < 1.29 is 9.15 Å². The Balaban J connectivity index is 2.15. The normalized spacial score (nSPS) is 22.1. The van der Waals surface area contributed by atoms with Crippen molar-refractivity contribution in [2.75, 3.05) is 26.3 Å². The fraction of sp³-hybridized carbons (Fsp3) is 0.692. The van der Waals surface area contributed by atoms with Crippen LogP contribution < -0.4 is 5.73 Å². The van der Waals surface area contributed by atoms with Crippen LogP contribution in [0.25, 0.3) is 0 Å². The molecule has 1 aliphatic heterocycles. The van der Waals surface area contributed by atoms with Crippen molar-refractivity contribution in [2.45, 2.75) is 32.4 Å². The van der Waals surface area contributed by atoms with Gasteiger partial charge in [-0.25, -0.2) is 0 Å². The van der Waals surface area contributed by atoms with Gasteiger partial charge in [0.25, 0.3) is 0 Å². The van der Waals surface area contributed by atoms with Crippen LogP contribution in [0.1, 0.15) is 30.9 Å². The molecule has 2 rings (SSSR count). The molecule has 2 N–H and O–H groups in total. The summed E-state index contributed by atoms with van der Waals surface area (Å²) in [5, 5.41) is 0. The summed E-state index contributed by atoms with van der Waals surface area (Å²) in [7, 11) is 0. The number of ether oxygens (including phenoxy) is 1. The maximum Gasteiger partial charge on any atom is 0.122 e. The highest BCUT2D eigenvalue weighted by Gasteiger charge is 2.27. The molecule has 0 spiro atoms. The van der Waals surface area contributed by atoms with Crippen molar-refractivity contribution >= 4 is 0 Å². The molecule has 0 aliphatic carbocycles. The Morgan fingerprint density at radius 2 is 2.12 bits per heavy atom. The van der Waals surface area contributed by atoms with Crippen molar-refractivity contribution in [3.63, 3.8) is 0 Å². The van der Waals surface area contributed by atoms with Crippen LogP contribution >= 0.6 is 0 Å². The lowest BCUT2D eigenvalue weighted by molar-refractivity contribution is 0.120. The quantitative estimate of drug-likeness (QED) is 0.870. The lowest BCUT2D eigenvalue weighted by Crippen LogP contribution is -2.40. The maximum absolute atomic E-state index is 6.12. The van der Waals surface area contributed by atoms with Crippen molar-refractivity contribution in [3.05, 3.63) is 23.7 Å². The summed E-state index contributed by atoms with van der Waals surface area (Å²) in [5.74, 6) is 1.91. The minimum Gasteiger partial charge on any atom is -0.465 e. The molecule has 1 aromatic rings. The van der Waals surface area contributed by atoms with Gasteiger partial charge in [-0.05, 0) is 32.4 Å². The number of nitrogens with zero attached hydrogens (tertiary/aromatic N) is 1. The van der Waals surface area contributed by atoms with Gasteiger partial charge in [0.1, 0.15) is 11.5 Å². The zero-order chi connectivity index (χ0) is 12.3. The van der Waals surface area contributed by atoms with E-state index in [2.05, 4.69) is 4.90 Å². The van der Waals surface area contributed by atoms with Gasteiger partial charge in [0, 0.05) is 25.7 Å². The van der Waals surface area contributed by atoms with Crippen LogP contribution in [0.4, 0.5) is 0 Å². The largest absolute Gasteiger partial charge is 0.465 e. The van der Waals surface area contributed by atoms with Crippen LogP contribution in [0.5, 0.6) is 0 Å². The standard InChI is InChI=1S/C13H22N2O2/c1-10-4-5-12(17-10)13(11(2)14)15-6-3-8-16-9-7-15/h4-5,11,13H,3,6-9,14H2,1-2H3. The Morgan fingerprint density at radius 3 is 2.76 bits per heavy atom. The molecule has 0 saturated carbocycles. The lowest BCUT2D eigenvalue weighted by Gasteiger charge is -2.31. The predicted octanol–water partition coefficient (Wildman–Crippen LogP) is 1.70. The molecule has 2 atom stereocenters. The summed E-state index contributed by atoms with van der Waals surface area (Å²) >= 11 is 0. The van der Waals surface area contributed by atoms with E-state index in [4.69, 9.17) is 14.9 Å². The van der Waals surface area contributed by atoms with Gasteiger partial charge in [-0.3, -0.25) is 4.90 Å². The third kappa shape index (κ3) is 3.09. The first-order valence-corrected chi connectivity index (χ1v) is 6.32. The van der Waals surface area contributed by atoms with Crippen LogP contribution in [0, 0.1) is 6.92 Å². The molecule has 0 radical (unpaired) electrons. The first-order chi connectivity index (χ1) is 8.18. The molecule has 1 fully saturated rings. The minimum atomic E-state index is 0.0543. The second-order valence-electron chi connectivity index (χ2n) is 4.75. The summed E-state index contributed by atoms with van der Waals surface area (Å²) in [5.41, 5.74) is 6.12. The molecule has 2 unspecified atom stereocenters. The predicted molar refractivity (Wildman–Crippen MR) is 66.8 cm³/mol. The van der Waals surface area contributed by atoms with Gasteiger partial charge in [0.15, 0.2) is 0 Å². The molecule has 4 heteroatoms. The van der Waals surface area contributed by atoms with Crippen LogP contribution in [0.3, 0.4) is 0 Å². The van der Waals surface area contributed by atoms with Gasteiger partial charge in [0.2, 0.25) is 0 Å². The minimum absolute atomic E-state index is 0.0543. The second-order valence-corrected chi connectivity index (χ2v) is 4.75. The first kappa shape index (κ1) is 12.6. The van der Waals surface area contributed by atoms with E-state index in [1.807, 2.05) is 26.0 Å². The molecule has 4 nitrogen and oxygen atoms in total. The Morgan fingerprint density at radius 1 is 1.29 bits per heavy atom. The molecule has 1 saturated heterocycles. The van der Waals surface area contributed by atoms with E-state index in [0.717, 1.165) is 44.2 Å². The zero-order valence-corrected chi connectivity index (χ0v) is 10.7. The Labute approximate surface area is 103 Å². The van der Waals surface area contributed by atoms with E-state index in [1.165, 1.54) is 0 Å². The average Bonchev–Trinajstić information content (AvgIpc) is 2.53. The van der Waals surface area contributed by atoms with E-state index >= 15 is 0 Å². The summed E-state index contributed by atoms with van der Waals surface area (Å²) in [6, 6.07) is 4.25.